The molecule has 0 heterocycles. The lowest BCUT2D eigenvalue weighted by Gasteiger charge is -2.41. The number of rotatable bonds is 32. The highest BCUT2D eigenvalue weighted by atomic mass is 31.2. The molecule has 1 aliphatic carbocycles. The van der Waals surface area contributed by atoms with Gasteiger partial charge in [0.05, 0.1) is 31.3 Å². The SMILES string of the molecule is CCCC/C=C\CCCCCC(O)CC(=O)NC(COP(=O)(O)OC1C(O)C(O)C(O)C(O)C1O)C(O)/C=C/CC/C=C/CC/C=C/CCCCCCCC. The highest BCUT2D eigenvalue weighted by molar-refractivity contribution is 7.47. The monoisotopic (exact) mass is 803 g/mol. The number of hydrogen-bond donors (Lipinski definition) is 9. The number of carbonyl (C=O) groups is 1. The van der Waals surface area contributed by atoms with Crippen molar-refractivity contribution in [3.05, 3.63) is 48.6 Å². The van der Waals surface area contributed by atoms with Gasteiger partial charge < -0.3 is 46.0 Å². The summed E-state index contributed by atoms with van der Waals surface area (Å²) in [6.45, 7) is 3.62. The zero-order valence-electron chi connectivity index (χ0n) is 33.3. The maximum absolute atomic E-state index is 12.9. The van der Waals surface area contributed by atoms with Gasteiger partial charge in [-0.15, -0.1) is 0 Å². The van der Waals surface area contributed by atoms with Crippen LogP contribution in [-0.2, 0) is 18.4 Å². The average Bonchev–Trinajstić information content (AvgIpc) is 3.15. The third-order valence-corrected chi connectivity index (χ3v) is 10.6. The highest BCUT2D eigenvalue weighted by Crippen LogP contribution is 2.47. The van der Waals surface area contributed by atoms with Gasteiger partial charge in [-0.1, -0.05) is 120 Å². The first-order chi connectivity index (χ1) is 26.3. The Bertz CT molecular complexity index is 1130. The molecule has 0 aromatic carbocycles. The molecule has 0 radical (unpaired) electrons. The standard InChI is InChI=1S/C41H74NO12P/c1-3-5-7-9-11-13-14-15-16-17-18-19-21-23-25-27-29-34(44)33(42-35(45)30-32(43)28-26-24-22-20-12-10-8-6-4-2)31-53-55(51,52)54-41-39(49)37(47)36(46)38(48)40(41)50/h10,12,15-16,19,21,27,29,32-34,36-41,43-44,46-50H,3-9,11,13-14,17-18,20,22-26,28,30-31H2,1-2H3,(H,42,45)(H,51,52)/b12-10-,16-15+,21-19+,29-27+. The van der Waals surface area contributed by atoms with Crippen molar-refractivity contribution in [2.75, 3.05) is 6.61 Å². The minimum atomic E-state index is -5.15. The zero-order chi connectivity index (χ0) is 40.9. The van der Waals surface area contributed by atoms with Crippen molar-refractivity contribution in [2.45, 2.75) is 197 Å². The summed E-state index contributed by atoms with van der Waals surface area (Å²) in [6.07, 6.45) is 20.8. The van der Waals surface area contributed by atoms with Crippen LogP contribution in [0.4, 0.5) is 0 Å². The molecule has 13 nitrogen and oxygen atoms in total. The van der Waals surface area contributed by atoms with Crippen molar-refractivity contribution in [1.82, 2.24) is 5.32 Å². The predicted octanol–water partition coefficient (Wildman–Crippen LogP) is 5.58. The van der Waals surface area contributed by atoms with Crippen molar-refractivity contribution in [1.29, 1.82) is 0 Å². The Labute approximate surface area is 329 Å². The summed E-state index contributed by atoms with van der Waals surface area (Å²) in [5.41, 5.74) is 0. The quantitative estimate of drug-likeness (QED) is 0.0231. The van der Waals surface area contributed by atoms with E-state index in [1.807, 2.05) is 6.08 Å². The molecule has 0 spiro atoms. The fourth-order valence-corrected chi connectivity index (χ4v) is 7.10. The molecular formula is C41H74NO12P. The van der Waals surface area contributed by atoms with Gasteiger partial charge in [-0.05, 0) is 64.2 Å². The molecule has 0 saturated heterocycles. The highest BCUT2D eigenvalue weighted by Gasteiger charge is 2.51. The summed E-state index contributed by atoms with van der Waals surface area (Å²) >= 11 is 0. The van der Waals surface area contributed by atoms with E-state index in [2.05, 4.69) is 49.5 Å². The number of unbranched alkanes of at least 4 members (excludes halogenated alkanes) is 13. The second-order valence-electron chi connectivity index (χ2n) is 14.6. The van der Waals surface area contributed by atoms with E-state index in [1.165, 1.54) is 51.0 Å². The van der Waals surface area contributed by atoms with E-state index in [9.17, 15) is 50.0 Å². The van der Waals surface area contributed by atoms with Crippen LogP contribution in [0.3, 0.4) is 0 Å². The fraction of sp³-hybridized carbons (Fsp3) is 0.780. The Kier molecular flexibility index (Phi) is 29.2. The molecule has 8 atom stereocenters. The summed E-state index contributed by atoms with van der Waals surface area (Å²) in [6, 6.07) is -1.27. The second kappa shape index (κ2) is 31.3. The summed E-state index contributed by atoms with van der Waals surface area (Å²) in [4.78, 5) is 23.3. The van der Waals surface area contributed by atoms with Crippen LogP contribution >= 0.6 is 7.82 Å². The summed E-state index contributed by atoms with van der Waals surface area (Å²) in [7, 11) is -5.15. The molecule has 1 aliphatic rings. The van der Waals surface area contributed by atoms with Crippen LogP contribution in [0.2, 0.25) is 0 Å². The van der Waals surface area contributed by atoms with Crippen LogP contribution in [-0.4, -0.2) is 108 Å². The lowest BCUT2D eigenvalue weighted by atomic mass is 9.85. The van der Waals surface area contributed by atoms with Crippen LogP contribution in [0.15, 0.2) is 48.6 Å². The lowest BCUT2D eigenvalue weighted by Crippen LogP contribution is -2.64. The number of carbonyl (C=O) groups excluding carboxylic acids is 1. The summed E-state index contributed by atoms with van der Waals surface area (Å²) in [5, 5.41) is 74.0. The van der Waals surface area contributed by atoms with Crippen LogP contribution in [0.1, 0.15) is 142 Å². The molecule has 0 aliphatic heterocycles. The number of phosphoric ester groups is 1. The number of amides is 1. The van der Waals surface area contributed by atoms with Gasteiger partial charge in [0.1, 0.15) is 36.6 Å². The van der Waals surface area contributed by atoms with Gasteiger partial charge in [0.25, 0.3) is 0 Å². The van der Waals surface area contributed by atoms with E-state index < -0.39 is 75.2 Å². The molecule has 14 heteroatoms. The van der Waals surface area contributed by atoms with Crippen molar-refractivity contribution in [2.24, 2.45) is 0 Å². The molecule has 1 saturated carbocycles. The first kappa shape index (κ1) is 51.3. The lowest BCUT2D eigenvalue weighted by molar-refractivity contribution is -0.220. The first-order valence-electron chi connectivity index (χ1n) is 20.7. The Balaban J connectivity index is 2.68. The van der Waals surface area contributed by atoms with Gasteiger partial charge in [-0.25, -0.2) is 4.57 Å². The van der Waals surface area contributed by atoms with Crippen molar-refractivity contribution in [3.8, 4) is 0 Å². The number of nitrogens with one attached hydrogen (secondary N) is 1. The smallest absolute Gasteiger partial charge is 0.393 e. The minimum Gasteiger partial charge on any atom is -0.393 e. The van der Waals surface area contributed by atoms with Crippen LogP contribution in [0, 0.1) is 0 Å². The van der Waals surface area contributed by atoms with E-state index in [-0.39, 0.29) is 6.42 Å². The van der Waals surface area contributed by atoms with E-state index in [0.29, 0.717) is 19.3 Å². The van der Waals surface area contributed by atoms with Gasteiger partial charge in [-0.3, -0.25) is 13.8 Å². The third kappa shape index (κ3) is 23.9. The molecule has 1 rings (SSSR count). The Morgan fingerprint density at radius 2 is 1.09 bits per heavy atom. The molecule has 1 amide bonds. The van der Waals surface area contributed by atoms with E-state index in [4.69, 9.17) is 9.05 Å². The average molecular weight is 804 g/mol. The van der Waals surface area contributed by atoms with E-state index in [1.54, 1.807) is 6.08 Å². The summed E-state index contributed by atoms with van der Waals surface area (Å²) < 4.78 is 22.7. The van der Waals surface area contributed by atoms with Crippen LogP contribution < -0.4 is 5.32 Å². The molecule has 9 N–H and O–H groups in total. The first-order valence-corrected chi connectivity index (χ1v) is 22.2. The molecule has 0 aromatic rings. The molecule has 8 unspecified atom stereocenters. The van der Waals surface area contributed by atoms with Gasteiger partial charge in [0, 0.05) is 0 Å². The van der Waals surface area contributed by atoms with Crippen molar-refractivity contribution >= 4 is 13.7 Å². The van der Waals surface area contributed by atoms with E-state index >= 15 is 0 Å². The molecular weight excluding hydrogens is 729 g/mol. The number of allylic oxidation sites excluding steroid dienone is 7. The molecule has 0 aromatic heterocycles. The molecule has 320 valence electrons. The van der Waals surface area contributed by atoms with Crippen LogP contribution in [0.5, 0.6) is 0 Å². The largest absolute Gasteiger partial charge is 0.472 e. The normalized spacial score (nSPS) is 24.9. The Morgan fingerprint density at radius 3 is 1.65 bits per heavy atom. The maximum atomic E-state index is 12.9. The summed E-state index contributed by atoms with van der Waals surface area (Å²) in [5.74, 6) is -0.622. The molecule has 1 fully saturated rings. The molecule has 55 heavy (non-hydrogen) atoms. The third-order valence-electron chi connectivity index (χ3n) is 9.61. The van der Waals surface area contributed by atoms with Crippen molar-refractivity contribution < 1.29 is 59.0 Å². The Hall–Kier alpha value is -1.74. The van der Waals surface area contributed by atoms with Gasteiger partial charge in [0.15, 0.2) is 0 Å². The topological polar surface area (TPSA) is 226 Å². The maximum Gasteiger partial charge on any atom is 0.472 e. The van der Waals surface area contributed by atoms with Crippen LogP contribution in [0.25, 0.3) is 0 Å². The fourth-order valence-electron chi connectivity index (χ4n) is 6.13. The van der Waals surface area contributed by atoms with Crippen molar-refractivity contribution in [3.63, 3.8) is 0 Å². The van der Waals surface area contributed by atoms with E-state index in [0.717, 1.165) is 57.8 Å². The Morgan fingerprint density at radius 1 is 0.636 bits per heavy atom. The molecule has 0 bridgehead atoms. The number of aliphatic hydroxyl groups is 7. The van der Waals surface area contributed by atoms with Gasteiger partial charge >= 0.3 is 7.82 Å². The minimum absolute atomic E-state index is 0.269. The predicted molar refractivity (Wildman–Crippen MR) is 215 cm³/mol. The second-order valence-corrected chi connectivity index (χ2v) is 16.0. The zero-order valence-corrected chi connectivity index (χ0v) is 34.2. The number of phosphoric acid groups is 1. The van der Waals surface area contributed by atoms with Gasteiger partial charge in [0.2, 0.25) is 5.91 Å². The number of hydrogen-bond acceptors (Lipinski definition) is 11. The van der Waals surface area contributed by atoms with Gasteiger partial charge in [-0.2, -0.15) is 0 Å². The number of aliphatic hydroxyl groups excluding tert-OH is 7.